The van der Waals surface area contributed by atoms with E-state index < -0.39 is 30.0 Å². The van der Waals surface area contributed by atoms with E-state index in [0.29, 0.717) is 24.4 Å². The largest absolute Gasteiger partial charge is 0.481 e. The van der Waals surface area contributed by atoms with Gasteiger partial charge >= 0.3 is 5.97 Å². The van der Waals surface area contributed by atoms with Crippen LogP contribution in [0.15, 0.2) is 35.7 Å². The van der Waals surface area contributed by atoms with Crippen molar-refractivity contribution in [2.24, 2.45) is 23.7 Å². The summed E-state index contributed by atoms with van der Waals surface area (Å²) in [6.07, 6.45) is 5.37. The first-order valence-electron chi connectivity index (χ1n) is 19.5. The van der Waals surface area contributed by atoms with Gasteiger partial charge in [-0.05, 0) is 63.1 Å². The van der Waals surface area contributed by atoms with Gasteiger partial charge in [0, 0.05) is 49.9 Å². The van der Waals surface area contributed by atoms with E-state index >= 15 is 0 Å². The Kier molecular flexibility index (Phi) is 18.6. The van der Waals surface area contributed by atoms with Crippen molar-refractivity contribution in [2.75, 3.05) is 34.0 Å². The molecule has 7 atom stereocenters. The maximum absolute atomic E-state index is 14.6. The van der Waals surface area contributed by atoms with Crippen LogP contribution in [-0.4, -0.2) is 95.6 Å². The number of ether oxygens (including phenoxy) is 2. The molecule has 1 aliphatic rings. The average molecular weight is 757 g/mol. The third kappa shape index (κ3) is 13.3. The summed E-state index contributed by atoms with van der Waals surface area (Å²) >= 11 is 1.31. The molecular formula is C41H64N4O7S. The molecule has 11 nitrogen and oxygen atoms in total. The molecule has 0 spiro atoms. The lowest BCUT2D eigenvalue weighted by molar-refractivity contribution is -0.146. The van der Waals surface area contributed by atoms with Gasteiger partial charge in [-0.25, -0.2) is 4.98 Å². The minimum atomic E-state index is -0.916. The first-order chi connectivity index (χ1) is 25.3. The molecule has 0 saturated carbocycles. The monoisotopic (exact) mass is 756 g/mol. The van der Waals surface area contributed by atoms with Gasteiger partial charge in [-0.1, -0.05) is 84.7 Å². The molecule has 53 heavy (non-hydrogen) atoms. The number of benzene rings is 1. The van der Waals surface area contributed by atoms with Gasteiger partial charge in [0.2, 0.25) is 5.91 Å². The fourth-order valence-corrected chi connectivity index (χ4v) is 8.19. The molecule has 0 aliphatic carbocycles. The van der Waals surface area contributed by atoms with Crippen molar-refractivity contribution in [1.82, 2.24) is 20.1 Å². The van der Waals surface area contributed by atoms with E-state index in [0.717, 1.165) is 44.2 Å². The highest BCUT2D eigenvalue weighted by Crippen LogP contribution is 2.33. The first kappa shape index (κ1) is 44.2. The second-order valence-electron chi connectivity index (χ2n) is 15.2. The number of likely N-dealkylation sites (N-methyl/N-ethyl adjacent to an activating group) is 1. The van der Waals surface area contributed by atoms with Gasteiger partial charge < -0.3 is 24.8 Å². The van der Waals surface area contributed by atoms with Crippen molar-refractivity contribution in [3.05, 3.63) is 52.0 Å². The lowest BCUT2D eigenvalue weighted by Crippen LogP contribution is -2.50. The third-order valence-corrected chi connectivity index (χ3v) is 11.7. The van der Waals surface area contributed by atoms with Gasteiger partial charge in [0.1, 0.15) is 23.6 Å². The Morgan fingerprint density at radius 3 is 2.40 bits per heavy atom. The normalized spacial score (nSPS) is 18.5. The fourth-order valence-electron chi connectivity index (χ4n) is 7.33. The number of thiazole rings is 1. The molecule has 1 fully saturated rings. The fraction of sp³-hybridized carbons (Fsp3) is 0.683. The number of nitrogens with one attached hydrogen (secondary N) is 1. The standard InChI is InChI=1S/C41H64N4O7S/c1-9-19-45(40(48)32(28(5)10-2)23-36(46)34-18-14-15-20-44(34)7)35(27(3)4)24-37(52-26-51-8)39-43-33(25-53-39)38(47)42-31(21-29(6)41(49)50)22-30-16-12-11-13-17-30/h11-13,16-17,25,27-29,31-32,34-35,37H,9-10,14-15,18-24,26H2,1-8H3,(H,42,47)(H,49,50)/t28?,29-,31+,32-,34?,35+,37+/m0/s1. The molecule has 0 bridgehead atoms. The second-order valence-corrected chi connectivity index (χ2v) is 16.1. The van der Waals surface area contributed by atoms with Crippen LogP contribution < -0.4 is 5.32 Å². The number of Topliss-reactive ketones (excluding diaryl/α,β-unsaturated/α-hetero) is 1. The molecule has 2 aromatic rings. The van der Waals surface area contributed by atoms with E-state index in [1.54, 1.807) is 19.4 Å². The van der Waals surface area contributed by atoms with Gasteiger partial charge in [-0.3, -0.25) is 24.1 Å². The quantitative estimate of drug-likeness (QED) is 0.115. The summed E-state index contributed by atoms with van der Waals surface area (Å²) in [5.41, 5.74) is 1.22. The third-order valence-electron chi connectivity index (χ3n) is 10.7. The second kappa shape index (κ2) is 22.3. The number of nitrogens with zero attached hydrogens (tertiary/aromatic N) is 3. The summed E-state index contributed by atoms with van der Waals surface area (Å²) < 4.78 is 11.5. The molecule has 2 N–H and O–H groups in total. The predicted molar refractivity (Wildman–Crippen MR) is 209 cm³/mol. The van der Waals surface area contributed by atoms with Crippen molar-refractivity contribution in [3.63, 3.8) is 0 Å². The van der Waals surface area contributed by atoms with Crippen LogP contribution in [0.5, 0.6) is 0 Å². The number of carbonyl (C=O) groups excluding carboxylic acids is 3. The number of rotatable bonds is 23. The summed E-state index contributed by atoms with van der Waals surface area (Å²) in [5, 5.41) is 14.9. The smallest absolute Gasteiger partial charge is 0.306 e. The average Bonchev–Trinajstić information content (AvgIpc) is 3.63. The van der Waals surface area contributed by atoms with Crippen molar-refractivity contribution in [2.45, 2.75) is 124 Å². The Morgan fingerprint density at radius 1 is 1.08 bits per heavy atom. The summed E-state index contributed by atoms with van der Waals surface area (Å²) in [6.45, 7) is 13.5. The number of amides is 2. The van der Waals surface area contributed by atoms with Gasteiger partial charge in [0.15, 0.2) is 5.78 Å². The number of carbonyl (C=O) groups is 4. The van der Waals surface area contributed by atoms with Gasteiger partial charge in [-0.15, -0.1) is 11.3 Å². The highest BCUT2D eigenvalue weighted by molar-refractivity contribution is 7.09. The topological polar surface area (TPSA) is 138 Å². The lowest BCUT2D eigenvalue weighted by atomic mass is 9.82. The Morgan fingerprint density at radius 2 is 1.79 bits per heavy atom. The number of carboxylic acid groups (broad SMARTS) is 1. The summed E-state index contributed by atoms with van der Waals surface area (Å²) in [6, 6.07) is 8.89. The number of aliphatic carboxylic acids is 1. The minimum absolute atomic E-state index is 0.00342. The van der Waals surface area contributed by atoms with E-state index in [4.69, 9.17) is 14.5 Å². The van der Waals surface area contributed by atoms with Crippen LogP contribution in [0.1, 0.15) is 120 Å². The highest BCUT2D eigenvalue weighted by atomic mass is 32.1. The number of aromatic nitrogens is 1. The van der Waals surface area contributed by atoms with E-state index in [9.17, 15) is 24.3 Å². The maximum atomic E-state index is 14.6. The van der Waals surface area contributed by atoms with Crippen LogP contribution in [0.3, 0.4) is 0 Å². The number of ketones is 1. The predicted octanol–water partition coefficient (Wildman–Crippen LogP) is 7.02. The Labute approximate surface area is 321 Å². The molecule has 1 aliphatic heterocycles. The van der Waals surface area contributed by atoms with E-state index in [-0.39, 0.29) is 66.8 Å². The molecule has 2 amide bonds. The Bertz CT molecular complexity index is 1440. The van der Waals surface area contributed by atoms with Crippen molar-refractivity contribution >= 4 is 34.9 Å². The summed E-state index contributed by atoms with van der Waals surface area (Å²) in [5.74, 6) is -2.10. The Hall–Kier alpha value is -3.19. The maximum Gasteiger partial charge on any atom is 0.306 e. The number of piperidine rings is 1. The highest BCUT2D eigenvalue weighted by Gasteiger charge is 2.38. The van der Waals surface area contributed by atoms with Crippen LogP contribution in [0, 0.1) is 23.7 Å². The van der Waals surface area contributed by atoms with Crippen molar-refractivity contribution in [1.29, 1.82) is 0 Å². The van der Waals surface area contributed by atoms with Gasteiger partial charge in [0.25, 0.3) is 5.91 Å². The summed E-state index contributed by atoms with van der Waals surface area (Å²) in [7, 11) is 3.56. The van der Waals surface area contributed by atoms with Crippen molar-refractivity contribution in [3.8, 4) is 0 Å². The number of likely N-dealkylation sites (tertiary alicyclic amines) is 1. The van der Waals surface area contributed by atoms with Crippen LogP contribution in [-0.2, 0) is 30.3 Å². The number of methoxy groups -OCH3 is 1. The van der Waals surface area contributed by atoms with Crippen LogP contribution in [0.4, 0.5) is 0 Å². The molecule has 2 unspecified atom stereocenters. The van der Waals surface area contributed by atoms with E-state index in [2.05, 4.69) is 44.8 Å². The number of hydrogen-bond acceptors (Lipinski definition) is 9. The zero-order chi connectivity index (χ0) is 39.1. The van der Waals surface area contributed by atoms with E-state index in [1.165, 1.54) is 11.3 Å². The summed E-state index contributed by atoms with van der Waals surface area (Å²) in [4.78, 5) is 62.5. The molecule has 1 saturated heterocycles. The molecule has 0 radical (unpaired) electrons. The van der Waals surface area contributed by atoms with Crippen LogP contribution in [0.25, 0.3) is 0 Å². The van der Waals surface area contributed by atoms with Gasteiger partial charge in [0.05, 0.1) is 12.0 Å². The molecule has 2 heterocycles. The molecule has 1 aromatic carbocycles. The first-order valence-corrected chi connectivity index (χ1v) is 20.4. The number of carboxylic acids is 1. The minimum Gasteiger partial charge on any atom is -0.481 e. The SMILES string of the molecule is CCCN(C(=O)[C@@H](CC(=O)C1CCCCN1C)C(C)CC)[C@H](C[C@@H](OCOC)c1nc(C(=O)N[C@@H](Cc2ccccc2)C[C@H](C)C(=O)O)cs1)C(C)C. The molecule has 3 rings (SSSR count). The Balaban J connectivity index is 1.86. The van der Waals surface area contributed by atoms with Gasteiger partial charge in [-0.2, -0.15) is 0 Å². The molecule has 296 valence electrons. The molecule has 1 aromatic heterocycles. The van der Waals surface area contributed by atoms with E-state index in [1.807, 2.05) is 42.3 Å². The zero-order valence-corrected chi connectivity index (χ0v) is 34.0. The van der Waals surface area contributed by atoms with Crippen LogP contribution >= 0.6 is 11.3 Å². The number of hydrogen-bond donors (Lipinski definition) is 2. The van der Waals surface area contributed by atoms with Crippen molar-refractivity contribution < 1.29 is 33.8 Å². The van der Waals surface area contributed by atoms with Crippen LogP contribution in [0.2, 0.25) is 0 Å². The zero-order valence-electron chi connectivity index (χ0n) is 33.2. The molecular weight excluding hydrogens is 693 g/mol. The lowest BCUT2D eigenvalue weighted by Gasteiger charge is -2.40. The molecule has 12 heteroatoms.